The Kier molecular flexibility index (Phi) is 8.16. The van der Waals surface area contributed by atoms with Crippen LogP contribution >= 0.6 is 0 Å². The first-order valence-corrected chi connectivity index (χ1v) is 12.1. The minimum absolute atomic E-state index is 0.0141. The van der Waals surface area contributed by atoms with Crippen LogP contribution in [-0.2, 0) is 11.2 Å². The molecule has 1 saturated heterocycles. The Morgan fingerprint density at radius 2 is 1.82 bits per heavy atom. The summed E-state index contributed by atoms with van der Waals surface area (Å²) >= 11 is 0. The van der Waals surface area contributed by atoms with Crippen molar-refractivity contribution in [1.29, 1.82) is 0 Å². The average molecular weight is 529 g/mol. The molecule has 0 saturated carbocycles. The highest BCUT2D eigenvalue weighted by atomic mass is 19.4. The number of pyridine rings is 1. The number of hydrogen-bond acceptors (Lipinski definition) is 5. The Morgan fingerprint density at radius 1 is 1.11 bits per heavy atom. The highest BCUT2D eigenvalue weighted by Crippen LogP contribution is 2.27. The molecule has 2 aliphatic heterocycles. The largest absolute Gasteiger partial charge is 0.490 e. The number of aromatic nitrogens is 2. The number of aliphatic hydroxyl groups excluding tert-OH is 1. The zero-order valence-corrected chi connectivity index (χ0v) is 20.3. The molecule has 0 unspecified atom stereocenters. The molecule has 3 aromatic rings. The number of carboxylic acid groups (broad SMARTS) is 1. The molecule has 0 bridgehead atoms. The van der Waals surface area contributed by atoms with Gasteiger partial charge in [-0.2, -0.15) is 13.2 Å². The normalized spacial score (nSPS) is 16.0. The number of piperidine rings is 1. The van der Waals surface area contributed by atoms with E-state index in [1.807, 2.05) is 30.3 Å². The number of benzene rings is 1. The fourth-order valence-electron chi connectivity index (χ4n) is 4.35. The van der Waals surface area contributed by atoms with Gasteiger partial charge in [0.25, 0.3) is 5.91 Å². The fraction of sp³-hybridized carbons (Fsp3) is 0.296. The number of rotatable bonds is 4. The molecule has 38 heavy (non-hydrogen) atoms. The van der Waals surface area contributed by atoms with Gasteiger partial charge in [0.05, 0.1) is 17.4 Å². The lowest BCUT2D eigenvalue weighted by Gasteiger charge is -2.32. The van der Waals surface area contributed by atoms with E-state index in [0.717, 1.165) is 66.1 Å². The van der Waals surface area contributed by atoms with E-state index in [4.69, 9.17) is 9.90 Å². The molecule has 0 radical (unpaired) electrons. The van der Waals surface area contributed by atoms with E-state index in [2.05, 4.69) is 44.5 Å². The van der Waals surface area contributed by atoms with Crippen molar-refractivity contribution in [2.75, 3.05) is 24.5 Å². The SMILES string of the molecule is O=C(O)C(F)(F)F.O=C1NCCc2[nH]c(-c3ccnc(C=Cc4ccccc4N4CCC(O)CC4)c3)cc21. The molecular weight excluding hydrogens is 501 g/mol. The number of hydrogen-bond donors (Lipinski definition) is 4. The first-order valence-electron chi connectivity index (χ1n) is 12.1. The Morgan fingerprint density at radius 3 is 2.50 bits per heavy atom. The molecule has 8 nitrogen and oxygen atoms in total. The molecule has 4 N–H and O–H groups in total. The van der Waals surface area contributed by atoms with Crippen LogP contribution in [0.5, 0.6) is 0 Å². The van der Waals surface area contributed by atoms with Gasteiger partial charge in [-0.15, -0.1) is 0 Å². The molecule has 0 spiro atoms. The number of para-hydroxylation sites is 1. The predicted molar refractivity (Wildman–Crippen MR) is 137 cm³/mol. The summed E-state index contributed by atoms with van der Waals surface area (Å²) in [4.78, 5) is 31.2. The second kappa shape index (κ2) is 11.5. The quantitative estimate of drug-likeness (QED) is 0.405. The third kappa shape index (κ3) is 6.60. The van der Waals surface area contributed by atoms with E-state index in [9.17, 15) is 23.1 Å². The first kappa shape index (κ1) is 26.9. The number of nitrogens with zero attached hydrogens (tertiary/aromatic N) is 2. The van der Waals surface area contributed by atoms with Crippen molar-refractivity contribution in [2.24, 2.45) is 0 Å². The van der Waals surface area contributed by atoms with Crippen molar-refractivity contribution in [2.45, 2.75) is 31.5 Å². The Bertz CT molecular complexity index is 1330. The molecule has 1 fully saturated rings. The van der Waals surface area contributed by atoms with Crippen LogP contribution in [0.2, 0.25) is 0 Å². The molecule has 0 aliphatic carbocycles. The smallest absolute Gasteiger partial charge is 0.475 e. The Balaban J connectivity index is 0.000000426. The number of aromatic amines is 1. The molecule has 200 valence electrons. The third-order valence-electron chi connectivity index (χ3n) is 6.31. The van der Waals surface area contributed by atoms with Gasteiger partial charge in [0.2, 0.25) is 0 Å². The summed E-state index contributed by atoms with van der Waals surface area (Å²) < 4.78 is 31.7. The van der Waals surface area contributed by atoms with E-state index in [1.165, 1.54) is 5.69 Å². The van der Waals surface area contributed by atoms with Crippen LogP contribution in [0, 0.1) is 0 Å². The van der Waals surface area contributed by atoms with Gasteiger partial charge < -0.3 is 25.4 Å². The summed E-state index contributed by atoms with van der Waals surface area (Å²) in [5.74, 6) is -2.77. The monoisotopic (exact) mass is 528 g/mol. The van der Waals surface area contributed by atoms with Crippen LogP contribution in [0.4, 0.5) is 18.9 Å². The molecular formula is C27H27F3N4O4. The Labute approximate surface area is 216 Å². The Hall–Kier alpha value is -4.12. The maximum atomic E-state index is 12.1. The van der Waals surface area contributed by atoms with E-state index >= 15 is 0 Å². The number of anilines is 1. The summed E-state index contributed by atoms with van der Waals surface area (Å²) in [5, 5.41) is 19.8. The number of amides is 1. The number of halogens is 3. The molecule has 4 heterocycles. The number of aliphatic carboxylic acids is 1. The van der Waals surface area contributed by atoms with Crippen molar-refractivity contribution in [3.63, 3.8) is 0 Å². The van der Waals surface area contributed by atoms with E-state index in [1.54, 1.807) is 6.20 Å². The second-order valence-electron chi connectivity index (χ2n) is 8.96. The van der Waals surface area contributed by atoms with Crippen LogP contribution in [0.3, 0.4) is 0 Å². The molecule has 5 rings (SSSR count). The van der Waals surface area contributed by atoms with E-state index < -0.39 is 12.1 Å². The summed E-state index contributed by atoms with van der Waals surface area (Å²) in [6, 6.07) is 14.3. The van der Waals surface area contributed by atoms with Gasteiger partial charge in [-0.25, -0.2) is 4.79 Å². The highest BCUT2D eigenvalue weighted by Gasteiger charge is 2.38. The van der Waals surface area contributed by atoms with Gasteiger partial charge in [-0.05, 0) is 48.7 Å². The first-order chi connectivity index (χ1) is 18.1. The van der Waals surface area contributed by atoms with Gasteiger partial charge in [-0.1, -0.05) is 24.3 Å². The van der Waals surface area contributed by atoms with Crippen molar-refractivity contribution in [1.82, 2.24) is 15.3 Å². The maximum Gasteiger partial charge on any atom is 0.490 e. The summed E-state index contributed by atoms with van der Waals surface area (Å²) in [6.07, 6.45) is 3.09. The lowest BCUT2D eigenvalue weighted by atomic mass is 10.0. The second-order valence-corrected chi connectivity index (χ2v) is 8.96. The number of H-pyrrole nitrogens is 1. The number of aliphatic hydroxyl groups is 1. The summed E-state index contributed by atoms with van der Waals surface area (Å²) in [6.45, 7) is 2.40. The van der Waals surface area contributed by atoms with Crippen LogP contribution in [-0.4, -0.2) is 64.0 Å². The van der Waals surface area contributed by atoms with Crippen LogP contribution in [0.15, 0.2) is 48.7 Å². The topological polar surface area (TPSA) is 119 Å². The van der Waals surface area contributed by atoms with Crippen molar-refractivity contribution in [3.8, 4) is 11.3 Å². The highest BCUT2D eigenvalue weighted by molar-refractivity contribution is 5.97. The zero-order valence-electron chi connectivity index (χ0n) is 20.3. The van der Waals surface area contributed by atoms with Gasteiger partial charge in [0.15, 0.2) is 0 Å². The summed E-state index contributed by atoms with van der Waals surface area (Å²) in [5.41, 5.74) is 6.85. The standard InChI is InChI=1S/C25H26N4O2.C2HF3O2/c30-20-9-13-29(14-10-20)24-4-2-1-3-17(24)5-6-19-15-18(7-11-26-19)23-16-21-22(28-23)8-12-27-25(21)31;3-2(4,5)1(6)7/h1-7,11,15-16,20,28,30H,8-10,12-14H2,(H,27,31);(H,6,7). The minimum Gasteiger partial charge on any atom is -0.475 e. The van der Waals surface area contributed by atoms with Crippen LogP contribution in [0.25, 0.3) is 23.4 Å². The van der Waals surface area contributed by atoms with E-state index in [0.29, 0.717) is 6.54 Å². The summed E-state index contributed by atoms with van der Waals surface area (Å²) in [7, 11) is 0. The zero-order chi connectivity index (χ0) is 27.3. The fourth-order valence-corrected chi connectivity index (χ4v) is 4.35. The number of carbonyl (C=O) groups is 2. The third-order valence-corrected chi connectivity index (χ3v) is 6.31. The molecule has 11 heteroatoms. The van der Waals surface area contributed by atoms with E-state index in [-0.39, 0.29) is 12.0 Å². The lowest BCUT2D eigenvalue weighted by molar-refractivity contribution is -0.192. The van der Waals surface area contributed by atoms with Crippen molar-refractivity contribution >= 4 is 29.7 Å². The number of nitrogens with one attached hydrogen (secondary N) is 2. The van der Waals surface area contributed by atoms with Crippen molar-refractivity contribution < 1.29 is 33.0 Å². The average Bonchev–Trinajstić information content (AvgIpc) is 3.34. The lowest BCUT2D eigenvalue weighted by Crippen LogP contribution is -2.36. The molecule has 2 aromatic heterocycles. The van der Waals surface area contributed by atoms with Crippen molar-refractivity contribution in [3.05, 3.63) is 71.2 Å². The number of alkyl halides is 3. The van der Waals surface area contributed by atoms with Crippen LogP contribution < -0.4 is 10.2 Å². The number of fused-ring (bicyclic) bond motifs is 1. The predicted octanol–water partition coefficient (Wildman–Crippen LogP) is 4.13. The van der Waals surface area contributed by atoms with Crippen LogP contribution in [0.1, 0.15) is 40.2 Å². The van der Waals surface area contributed by atoms with Gasteiger partial charge in [0.1, 0.15) is 0 Å². The molecule has 1 aromatic carbocycles. The molecule has 2 aliphatic rings. The van der Waals surface area contributed by atoms with Gasteiger partial charge in [-0.3, -0.25) is 9.78 Å². The minimum atomic E-state index is -5.08. The van der Waals surface area contributed by atoms with Gasteiger partial charge >= 0.3 is 12.1 Å². The van der Waals surface area contributed by atoms with Gasteiger partial charge in [0, 0.05) is 54.9 Å². The maximum absolute atomic E-state index is 12.1. The molecule has 0 atom stereocenters. The number of carboxylic acids is 1. The molecule has 1 amide bonds. The number of carbonyl (C=O) groups excluding carboxylic acids is 1.